The fourth-order valence-electron chi connectivity index (χ4n) is 3.14. The molecule has 1 aromatic carbocycles. The molecule has 0 unspecified atom stereocenters. The minimum Gasteiger partial charge on any atom is -0.496 e. The van der Waals surface area contributed by atoms with E-state index < -0.39 is 0 Å². The summed E-state index contributed by atoms with van der Waals surface area (Å²) in [4.78, 5) is 0. The van der Waals surface area contributed by atoms with Crippen molar-refractivity contribution in [3.8, 4) is 5.75 Å². The number of methoxy groups -OCH3 is 1. The Hall–Kier alpha value is -1.06. The van der Waals surface area contributed by atoms with Gasteiger partial charge in [-0.1, -0.05) is 26.0 Å². The molecule has 1 aliphatic carbocycles. The summed E-state index contributed by atoms with van der Waals surface area (Å²) in [6.07, 6.45) is 2.22. The van der Waals surface area contributed by atoms with Crippen molar-refractivity contribution in [3.63, 3.8) is 0 Å². The Kier molecular flexibility index (Phi) is 2.88. The SMILES string of the molecule is COc1ccc(C2(C3(N)CC3)COC2)cc1C(C)C. The highest BCUT2D eigenvalue weighted by Crippen LogP contribution is 2.54. The van der Waals surface area contributed by atoms with Crippen LogP contribution in [0.15, 0.2) is 18.2 Å². The Balaban J connectivity index is 2.03. The van der Waals surface area contributed by atoms with Crippen LogP contribution in [0.1, 0.15) is 43.7 Å². The Morgan fingerprint density at radius 1 is 1.26 bits per heavy atom. The molecule has 2 fully saturated rings. The summed E-state index contributed by atoms with van der Waals surface area (Å²) in [7, 11) is 1.73. The molecule has 0 bridgehead atoms. The zero-order valence-corrected chi connectivity index (χ0v) is 12.0. The van der Waals surface area contributed by atoms with Gasteiger partial charge in [0.05, 0.1) is 25.7 Å². The van der Waals surface area contributed by atoms with Crippen LogP contribution in [-0.4, -0.2) is 25.9 Å². The van der Waals surface area contributed by atoms with Crippen LogP contribution >= 0.6 is 0 Å². The number of rotatable bonds is 4. The highest BCUT2D eigenvalue weighted by Gasteiger charge is 2.61. The molecule has 3 rings (SSSR count). The molecule has 3 heteroatoms. The molecule has 0 spiro atoms. The third-order valence-electron chi connectivity index (χ3n) is 4.84. The first-order valence-corrected chi connectivity index (χ1v) is 7.07. The molecule has 3 nitrogen and oxygen atoms in total. The van der Waals surface area contributed by atoms with Crippen LogP contribution in [0.3, 0.4) is 0 Å². The Morgan fingerprint density at radius 3 is 2.37 bits per heavy atom. The minimum atomic E-state index is -0.0475. The zero-order valence-electron chi connectivity index (χ0n) is 12.0. The van der Waals surface area contributed by atoms with Crippen LogP contribution in [-0.2, 0) is 10.2 Å². The second-order valence-electron chi connectivity index (χ2n) is 6.34. The number of hydrogen-bond acceptors (Lipinski definition) is 3. The summed E-state index contributed by atoms with van der Waals surface area (Å²) >= 11 is 0. The highest BCUT2D eigenvalue weighted by atomic mass is 16.5. The maximum Gasteiger partial charge on any atom is 0.122 e. The molecule has 1 saturated heterocycles. The summed E-state index contributed by atoms with van der Waals surface area (Å²) in [6, 6.07) is 6.52. The number of benzene rings is 1. The predicted molar refractivity (Wildman–Crippen MR) is 75.7 cm³/mol. The molecule has 1 saturated carbocycles. The lowest BCUT2D eigenvalue weighted by Gasteiger charge is -2.47. The summed E-state index contributed by atoms with van der Waals surface area (Å²) in [6.45, 7) is 5.91. The van der Waals surface area contributed by atoms with Crippen molar-refractivity contribution in [3.05, 3.63) is 29.3 Å². The average Bonchev–Trinajstić information content (AvgIpc) is 3.06. The summed E-state index contributed by atoms with van der Waals surface area (Å²) in [5.41, 5.74) is 9.07. The topological polar surface area (TPSA) is 44.5 Å². The van der Waals surface area contributed by atoms with Gasteiger partial charge in [-0.25, -0.2) is 0 Å². The van der Waals surface area contributed by atoms with E-state index in [1.165, 1.54) is 11.1 Å². The van der Waals surface area contributed by atoms with Crippen LogP contribution in [0, 0.1) is 0 Å². The van der Waals surface area contributed by atoms with Crippen molar-refractivity contribution in [2.45, 2.75) is 43.6 Å². The molecule has 2 aliphatic rings. The molecular weight excluding hydrogens is 238 g/mol. The van der Waals surface area contributed by atoms with Crippen LogP contribution in [0.2, 0.25) is 0 Å². The second-order valence-corrected chi connectivity index (χ2v) is 6.34. The molecule has 1 aromatic rings. The van der Waals surface area contributed by atoms with E-state index >= 15 is 0 Å². The lowest BCUT2D eigenvalue weighted by Crippen LogP contribution is -2.60. The van der Waals surface area contributed by atoms with Crippen molar-refractivity contribution >= 4 is 0 Å². The lowest BCUT2D eigenvalue weighted by molar-refractivity contribution is -0.0786. The van der Waals surface area contributed by atoms with Crippen molar-refractivity contribution in [1.82, 2.24) is 0 Å². The standard InChI is InChI=1S/C16H23NO2/c1-11(2)13-8-12(4-5-14(13)18-3)15(9-19-10-15)16(17)6-7-16/h4-5,8,11H,6-7,9-10,17H2,1-3H3. The van der Waals surface area contributed by atoms with Crippen molar-refractivity contribution in [2.24, 2.45) is 5.73 Å². The molecule has 19 heavy (non-hydrogen) atoms. The van der Waals surface area contributed by atoms with Gasteiger partial charge in [-0.15, -0.1) is 0 Å². The van der Waals surface area contributed by atoms with Crippen molar-refractivity contribution in [2.75, 3.05) is 20.3 Å². The van der Waals surface area contributed by atoms with E-state index in [0.29, 0.717) is 5.92 Å². The normalized spacial score (nSPS) is 23.0. The number of hydrogen-bond donors (Lipinski definition) is 1. The molecular formula is C16H23NO2. The first-order valence-electron chi connectivity index (χ1n) is 7.07. The quantitative estimate of drug-likeness (QED) is 0.906. The van der Waals surface area contributed by atoms with Crippen LogP contribution in [0.25, 0.3) is 0 Å². The summed E-state index contributed by atoms with van der Waals surface area (Å²) in [5, 5.41) is 0. The Bertz CT molecular complexity index is 488. The smallest absolute Gasteiger partial charge is 0.122 e. The maximum absolute atomic E-state index is 6.50. The third kappa shape index (κ3) is 1.79. The van der Waals surface area contributed by atoms with Gasteiger partial charge in [0.25, 0.3) is 0 Å². The van der Waals surface area contributed by atoms with Crippen LogP contribution in [0.4, 0.5) is 0 Å². The van der Waals surface area contributed by atoms with Crippen molar-refractivity contribution in [1.29, 1.82) is 0 Å². The van der Waals surface area contributed by atoms with Gasteiger partial charge in [-0.2, -0.15) is 0 Å². The largest absolute Gasteiger partial charge is 0.496 e. The Labute approximate surface area is 115 Å². The molecule has 0 radical (unpaired) electrons. The first-order chi connectivity index (χ1) is 9.02. The van der Waals surface area contributed by atoms with E-state index in [2.05, 4.69) is 32.0 Å². The van der Waals surface area contributed by atoms with Gasteiger partial charge in [0.1, 0.15) is 5.75 Å². The van der Waals surface area contributed by atoms with E-state index in [4.69, 9.17) is 15.2 Å². The first kappa shape index (κ1) is 12.9. The molecule has 0 atom stereocenters. The van der Waals surface area contributed by atoms with E-state index in [1.807, 2.05) is 0 Å². The van der Waals surface area contributed by atoms with Gasteiger partial charge >= 0.3 is 0 Å². The van der Waals surface area contributed by atoms with Gasteiger partial charge in [-0.3, -0.25) is 0 Å². The van der Waals surface area contributed by atoms with Gasteiger partial charge in [0, 0.05) is 5.54 Å². The zero-order chi connectivity index (χ0) is 13.7. The molecule has 104 valence electrons. The monoisotopic (exact) mass is 261 g/mol. The van der Waals surface area contributed by atoms with Gasteiger partial charge in [0.2, 0.25) is 0 Å². The third-order valence-corrected chi connectivity index (χ3v) is 4.84. The molecule has 0 amide bonds. The summed E-state index contributed by atoms with van der Waals surface area (Å²) in [5.74, 6) is 1.41. The maximum atomic E-state index is 6.50. The van der Waals surface area contributed by atoms with E-state index in [1.54, 1.807) is 7.11 Å². The van der Waals surface area contributed by atoms with Gasteiger partial charge < -0.3 is 15.2 Å². The van der Waals surface area contributed by atoms with Gasteiger partial charge in [0.15, 0.2) is 0 Å². The van der Waals surface area contributed by atoms with E-state index in [9.17, 15) is 0 Å². The van der Waals surface area contributed by atoms with E-state index in [-0.39, 0.29) is 11.0 Å². The molecule has 0 aromatic heterocycles. The lowest BCUT2D eigenvalue weighted by atomic mass is 9.70. The second kappa shape index (κ2) is 4.22. The fourth-order valence-corrected chi connectivity index (χ4v) is 3.14. The average molecular weight is 261 g/mol. The predicted octanol–water partition coefficient (Wildman–Crippen LogP) is 2.58. The van der Waals surface area contributed by atoms with Crippen LogP contribution < -0.4 is 10.5 Å². The molecule has 2 N–H and O–H groups in total. The van der Waals surface area contributed by atoms with E-state index in [0.717, 1.165) is 31.8 Å². The van der Waals surface area contributed by atoms with Gasteiger partial charge in [-0.05, 0) is 36.0 Å². The van der Waals surface area contributed by atoms with Crippen LogP contribution in [0.5, 0.6) is 5.75 Å². The summed E-state index contributed by atoms with van der Waals surface area (Å²) < 4.78 is 11.0. The Morgan fingerprint density at radius 2 is 1.95 bits per heavy atom. The fraction of sp³-hybridized carbons (Fsp3) is 0.625. The number of nitrogens with two attached hydrogens (primary N) is 1. The molecule has 1 aliphatic heterocycles. The molecule has 1 heterocycles. The number of ether oxygens (including phenoxy) is 2. The van der Waals surface area contributed by atoms with Crippen molar-refractivity contribution < 1.29 is 9.47 Å². The minimum absolute atomic E-state index is 0.0307. The highest BCUT2D eigenvalue weighted by molar-refractivity contribution is 5.46.